The van der Waals surface area contributed by atoms with Gasteiger partial charge in [-0.3, -0.25) is 4.79 Å². The Morgan fingerprint density at radius 1 is 1.52 bits per heavy atom. The second-order valence-corrected chi connectivity index (χ2v) is 5.55. The van der Waals surface area contributed by atoms with Crippen molar-refractivity contribution in [2.24, 2.45) is 10.2 Å². The molecule has 1 aromatic rings. The second kappa shape index (κ2) is 5.99. The molecular weight excluding hydrogens is 309 g/mol. The molecule has 0 spiro atoms. The van der Waals surface area contributed by atoms with Gasteiger partial charge in [-0.15, -0.1) is 0 Å². The summed E-state index contributed by atoms with van der Waals surface area (Å²) in [5.41, 5.74) is -2.69. The molecule has 2 unspecified atom stereocenters. The van der Waals surface area contributed by atoms with Gasteiger partial charge in [-0.2, -0.15) is 23.4 Å². The van der Waals surface area contributed by atoms with Crippen LogP contribution in [0.5, 0.6) is 0 Å². The molecule has 1 aromatic carbocycles. The first-order valence-corrected chi connectivity index (χ1v) is 7.02. The van der Waals surface area contributed by atoms with Crippen LogP contribution in [-0.2, 0) is 11.0 Å². The van der Waals surface area contributed by atoms with Crippen LogP contribution in [-0.4, -0.2) is 17.5 Å². The summed E-state index contributed by atoms with van der Waals surface area (Å²) in [5, 5.41) is 10.4. The van der Waals surface area contributed by atoms with Crippen LogP contribution in [0.25, 0.3) is 4.85 Å². The quantitative estimate of drug-likeness (QED) is 0.812. The molecule has 1 aliphatic heterocycles. The normalized spacial score (nSPS) is 23.6. The molecule has 122 valence electrons. The molecule has 1 heterocycles. The van der Waals surface area contributed by atoms with Gasteiger partial charge in [0.05, 0.1) is 18.2 Å². The van der Waals surface area contributed by atoms with Crippen molar-refractivity contribution in [2.75, 3.05) is 5.32 Å². The largest absolute Gasteiger partial charge is 0.407 e. The van der Waals surface area contributed by atoms with Crippen LogP contribution < -0.4 is 5.32 Å². The van der Waals surface area contributed by atoms with Crippen molar-refractivity contribution in [3.05, 3.63) is 35.2 Å². The molecule has 23 heavy (non-hydrogen) atoms. The first kappa shape index (κ1) is 16.9. The van der Waals surface area contributed by atoms with E-state index in [9.17, 15) is 18.0 Å². The van der Waals surface area contributed by atoms with Crippen LogP contribution in [0.15, 0.2) is 28.4 Å². The summed E-state index contributed by atoms with van der Waals surface area (Å²) < 4.78 is 38.8. The Kier molecular flexibility index (Phi) is 4.41. The predicted molar refractivity (Wildman–Crippen MR) is 78.3 cm³/mol. The minimum atomic E-state index is -4.66. The highest BCUT2D eigenvalue weighted by molar-refractivity contribution is 5.98. The monoisotopic (exact) mass is 324 g/mol. The molecule has 5 nitrogen and oxygen atoms in total. The fraction of sp³-hybridized carbons (Fsp3) is 0.467. The number of anilines is 1. The van der Waals surface area contributed by atoms with Gasteiger partial charge in [-0.25, -0.2) is 4.85 Å². The van der Waals surface area contributed by atoms with Gasteiger partial charge in [0.1, 0.15) is 0 Å². The number of halogens is 3. The van der Waals surface area contributed by atoms with Crippen LogP contribution >= 0.6 is 0 Å². The van der Waals surface area contributed by atoms with Crippen molar-refractivity contribution < 1.29 is 18.0 Å². The number of carbonyl (C=O) groups excluding carboxylic acids is 1. The van der Waals surface area contributed by atoms with Gasteiger partial charge < -0.3 is 5.32 Å². The maximum atomic E-state index is 12.9. The average Bonchev–Trinajstić information content (AvgIpc) is 2.89. The first-order chi connectivity index (χ1) is 10.7. The van der Waals surface area contributed by atoms with E-state index in [0.717, 1.165) is 18.6 Å². The van der Waals surface area contributed by atoms with Crippen LogP contribution in [0.1, 0.15) is 32.3 Å². The summed E-state index contributed by atoms with van der Waals surface area (Å²) >= 11 is 0. The van der Waals surface area contributed by atoms with Gasteiger partial charge in [-0.1, -0.05) is 13.0 Å². The van der Waals surface area contributed by atoms with Crippen LogP contribution in [0, 0.1) is 6.57 Å². The van der Waals surface area contributed by atoms with Gasteiger partial charge in [0.25, 0.3) is 5.91 Å². The molecule has 0 aromatic heterocycles. The Balaban J connectivity index is 2.23. The molecule has 1 N–H and O–H groups in total. The van der Waals surface area contributed by atoms with Crippen molar-refractivity contribution >= 4 is 17.3 Å². The fourth-order valence-electron chi connectivity index (χ4n) is 2.32. The number of hydrogen-bond acceptors (Lipinski definition) is 3. The molecule has 0 aliphatic carbocycles. The van der Waals surface area contributed by atoms with Gasteiger partial charge in [0.15, 0.2) is 11.2 Å². The maximum absolute atomic E-state index is 12.9. The van der Waals surface area contributed by atoms with E-state index in [2.05, 4.69) is 20.4 Å². The Morgan fingerprint density at radius 3 is 2.74 bits per heavy atom. The highest BCUT2D eigenvalue weighted by atomic mass is 19.4. The van der Waals surface area contributed by atoms with E-state index in [0.29, 0.717) is 6.42 Å². The van der Waals surface area contributed by atoms with Crippen molar-refractivity contribution in [3.8, 4) is 0 Å². The van der Waals surface area contributed by atoms with E-state index in [-0.39, 0.29) is 11.7 Å². The summed E-state index contributed by atoms with van der Waals surface area (Å²) in [6.07, 6.45) is -3.50. The van der Waals surface area contributed by atoms with Crippen molar-refractivity contribution in [1.29, 1.82) is 0 Å². The zero-order chi connectivity index (χ0) is 17.3. The van der Waals surface area contributed by atoms with E-state index < -0.39 is 28.9 Å². The zero-order valence-electron chi connectivity index (χ0n) is 12.6. The zero-order valence-corrected chi connectivity index (χ0v) is 12.6. The Labute approximate surface area is 131 Å². The molecule has 2 atom stereocenters. The number of azo groups is 1. The van der Waals surface area contributed by atoms with Crippen LogP contribution in [0.4, 0.5) is 24.5 Å². The Morgan fingerprint density at radius 2 is 2.22 bits per heavy atom. The molecule has 8 heteroatoms. The van der Waals surface area contributed by atoms with Crippen LogP contribution in [0.2, 0.25) is 0 Å². The third-order valence-corrected chi connectivity index (χ3v) is 3.72. The smallest absolute Gasteiger partial charge is 0.324 e. The third-order valence-electron chi connectivity index (χ3n) is 3.72. The van der Waals surface area contributed by atoms with E-state index in [1.165, 1.54) is 6.07 Å². The number of alkyl halides is 3. The van der Waals surface area contributed by atoms with Gasteiger partial charge in [0.2, 0.25) is 0 Å². The Hall–Kier alpha value is -2.43. The molecule has 0 bridgehead atoms. The molecular formula is C15H15F3N4O. The number of amides is 1. The number of carbonyl (C=O) groups is 1. The summed E-state index contributed by atoms with van der Waals surface area (Å²) in [4.78, 5) is 15.2. The summed E-state index contributed by atoms with van der Waals surface area (Å²) in [7, 11) is 0. The topological polar surface area (TPSA) is 58.2 Å². The van der Waals surface area contributed by atoms with Gasteiger partial charge in [0, 0.05) is 12.1 Å². The van der Waals surface area contributed by atoms with Crippen molar-refractivity contribution in [1.82, 2.24) is 0 Å². The Bertz CT molecular complexity index is 693. The highest BCUT2D eigenvalue weighted by Crippen LogP contribution is 2.38. The first-order valence-electron chi connectivity index (χ1n) is 7.02. The molecule has 1 aliphatic rings. The molecule has 0 radical (unpaired) electrons. The molecule has 1 amide bonds. The molecule has 0 saturated heterocycles. The summed E-state index contributed by atoms with van der Waals surface area (Å²) in [5.74, 6) is -0.513. The van der Waals surface area contributed by atoms with Gasteiger partial charge >= 0.3 is 6.18 Å². The number of rotatable bonds is 3. The van der Waals surface area contributed by atoms with E-state index >= 15 is 0 Å². The number of nitrogens with one attached hydrogen (secondary N) is 1. The number of benzene rings is 1. The second-order valence-electron chi connectivity index (χ2n) is 5.55. The lowest BCUT2D eigenvalue weighted by molar-refractivity contribution is -0.136. The molecule has 0 saturated carbocycles. The number of hydrogen-bond donors (Lipinski definition) is 1. The van der Waals surface area contributed by atoms with E-state index in [4.69, 9.17) is 6.57 Å². The third kappa shape index (κ3) is 3.50. The van der Waals surface area contributed by atoms with Crippen molar-refractivity contribution in [3.63, 3.8) is 0 Å². The SMILES string of the molecule is [C-]#[N+]c1ccc(NC(=O)C2(C)CC(CC)N=N2)cc1C(F)(F)F. The van der Waals surface area contributed by atoms with E-state index in [1.54, 1.807) is 6.92 Å². The lowest BCUT2D eigenvalue weighted by atomic mass is 9.93. The van der Waals surface area contributed by atoms with Crippen LogP contribution in [0.3, 0.4) is 0 Å². The molecule has 2 rings (SSSR count). The highest BCUT2D eigenvalue weighted by Gasteiger charge is 2.40. The average molecular weight is 324 g/mol. The van der Waals surface area contributed by atoms with Gasteiger partial charge in [-0.05, 0) is 25.5 Å². The predicted octanol–water partition coefficient (Wildman–Crippen LogP) is 4.59. The van der Waals surface area contributed by atoms with E-state index in [1.807, 2.05) is 6.92 Å². The lowest BCUT2D eigenvalue weighted by Crippen LogP contribution is -2.37. The minimum Gasteiger partial charge on any atom is -0.324 e. The number of nitrogens with zero attached hydrogens (tertiary/aromatic N) is 3. The maximum Gasteiger partial charge on any atom is 0.407 e. The summed E-state index contributed by atoms with van der Waals surface area (Å²) in [6.45, 7) is 10.3. The molecule has 0 fully saturated rings. The lowest BCUT2D eigenvalue weighted by Gasteiger charge is -2.19. The van der Waals surface area contributed by atoms with Crippen molar-refractivity contribution in [2.45, 2.75) is 44.4 Å². The fourth-order valence-corrected chi connectivity index (χ4v) is 2.32. The minimum absolute atomic E-state index is 0.0221. The summed E-state index contributed by atoms with van der Waals surface area (Å²) in [6, 6.07) is 3.02. The standard InChI is InChI=1S/C15H15F3N4O/c1-4-9-8-14(2,22-21-9)13(23)20-10-5-6-12(19-3)11(7-10)15(16,17)18/h5-7,9H,4,8H2,1-2H3,(H,20,23).